The molecule has 0 radical (unpaired) electrons. The molecule has 1 amide bonds. The van der Waals surface area contributed by atoms with Crippen molar-refractivity contribution in [2.45, 2.75) is 51.0 Å². The van der Waals surface area contributed by atoms with E-state index in [1.54, 1.807) is 0 Å². The summed E-state index contributed by atoms with van der Waals surface area (Å²) in [5.74, 6) is 0.686. The van der Waals surface area contributed by atoms with Gasteiger partial charge in [0.2, 0.25) is 5.91 Å². The van der Waals surface area contributed by atoms with E-state index in [9.17, 15) is 4.79 Å². The van der Waals surface area contributed by atoms with Crippen LogP contribution in [-0.4, -0.2) is 30.4 Å². The number of piperidine rings is 1. The van der Waals surface area contributed by atoms with Crippen LogP contribution >= 0.6 is 11.6 Å². The number of carbonyl (C=O) groups is 1. The summed E-state index contributed by atoms with van der Waals surface area (Å²) in [6.45, 7) is 3.06. The molecule has 2 unspecified atom stereocenters. The van der Waals surface area contributed by atoms with Gasteiger partial charge >= 0.3 is 0 Å². The normalized spacial score (nSPS) is 29.3. The highest BCUT2D eigenvalue weighted by Gasteiger charge is 2.59. The van der Waals surface area contributed by atoms with Gasteiger partial charge in [-0.25, -0.2) is 0 Å². The highest BCUT2D eigenvalue weighted by Crippen LogP contribution is 2.59. The average molecular weight is 347 g/mol. The lowest BCUT2D eigenvalue weighted by molar-refractivity contribution is -0.136. The van der Waals surface area contributed by atoms with Crippen LogP contribution in [0.1, 0.15) is 56.6 Å². The number of benzene rings is 1. The first-order valence-corrected chi connectivity index (χ1v) is 9.84. The van der Waals surface area contributed by atoms with Gasteiger partial charge in [-0.15, -0.1) is 0 Å². The minimum atomic E-state index is 0.233. The van der Waals surface area contributed by atoms with E-state index in [0.717, 1.165) is 43.9 Å². The van der Waals surface area contributed by atoms with Gasteiger partial charge in [-0.2, -0.15) is 0 Å². The van der Waals surface area contributed by atoms with Crippen molar-refractivity contribution in [2.24, 2.45) is 11.3 Å². The van der Waals surface area contributed by atoms with Gasteiger partial charge in [-0.05, 0) is 68.3 Å². The van der Waals surface area contributed by atoms with E-state index < -0.39 is 0 Å². The van der Waals surface area contributed by atoms with Crippen LogP contribution in [0.15, 0.2) is 24.3 Å². The number of halogens is 1. The fraction of sp³-hybridized carbons (Fsp3) is 0.650. The van der Waals surface area contributed by atoms with Crippen molar-refractivity contribution in [1.82, 2.24) is 10.2 Å². The monoisotopic (exact) mass is 346 g/mol. The summed E-state index contributed by atoms with van der Waals surface area (Å²) < 4.78 is 0. The van der Waals surface area contributed by atoms with Crippen LogP contribution in [0.4, 0.5) is 0 Å². The maximum atomic E-state index is 13.3. The maximum Gasteiger partial charge on any atom is 0.226 e. The van der Waals surface area contributed by atoms with Crippen LogP contribution in [0.5, 0.6) is 0 Å². The lowest BCUT2D eigenvalue weighted by Gasteiger charge is -2.32. The predicted octanol–water partition coefficient (Wildman–Crippen LogP) is 4.17. The molecule has 0 bridgehead atoms. The van der Waals surface area contributed by atoms with Gasteiger partial charge in [0.25, 0.3) is 0 Å². The topological polar surface area (TPSA) is 32.3 Å². The predicted molar refractivity (Wildman–Crippen MR) is 97.0 cm³/mol. The number of hydrogen-bond donors (Lipinski definition) is 1. The van der Waals surface area contributed by atoms with Crippen LogP contribution in [0, 0.1) is 11.3 Å². The standard InChI is InChI=1S/C20H27ClN2O/c21-16-7-5-15(6-8-16)18-4-2-1-3-13-23(18)19(24)17-14-20(17)9-11-22-12-10-20/h5-8,17-18,22H,1-4,9-14H2. The number of rotatable bonds is 2. The molecule has 1 aromatic carbocycles. The molecule has 1 aromatic rings. The first-order valence-electron chi connectivity index (χ1n) is 9.46. The third kappa shape index (κ3) is 3.09. The second-order valence-corrected chi connectivity index (χ2v) is 8.25. The molecule has 4 rings (SSSR count). The quantitative estimate of drug-likeness (QED) is 0.871. The van der Waals surface area contributed by atoms with E-state index in [-0.39, 0.29) is 12.0 Å². The third-order valence-electron chi connectivity index (χ3n) is 6.38. The SMILES string of the molecule is O=C(C1CC12CCNCC2)N1CCCCCC1c1ccc(Cl)cc1. The summed E-state index contributed by atoms with van der Waals surface area (Å²) in [6, 6.07) is 8.35. The second kappa shape index (κ2) is 6.68. The van der Waals surface area contributed by atoms with E-state index in [0.29, 0.717) is 11.3 Å². The van der Waals surface area contributed by atoms with E-state index >= 15 is 0 Å². The molecule has 2 aliphatic heterocycles. The summed E-state index contributed by atoms with van der Waals surface area (Å²) in [4.78, 5) is 15.5. The fourth-order valence-electron chi connectivity index (χ4n) is 4.78. The molecule has 3 nitrogen and oxygen atoms in total. The van der Waals surface area contributed by atoms with Crippen LogP contribution < -0.4 is 5.32 Å². The number of carbonyl (C=O) groups excluding carboxylic acids is 1. The molecule has 24 heavy (non-hydrogen) atoms. The van der Waals surface area contributed by atoms with Gasteiger partial charge < -0.3 is 10.2 Å². The molecular formula is C20H27ClN2O. The Hall–Kier alpha value is -1.06. The fourth-order valence-corrected chi connectivity index (χ4v) is 4.90. The zero-order valence-corrected chi connectivity index (χ0v) is 15.0. The summed E-state index contributed by atoms with van der Waals surface area (Å²) in [6.07, 6.45) is 8.10. The van der Waals surface area contributed by atoms with Crippen LogP contribution in [-0.2, 0) is 4.79 Å². The van der Waals surface area contributed by atoms with Gasteiger partial charge in [-0.1, -0.05) is 36.6 Å². The van der Waals surface area contributed by atoms with E-state index in [2.05, 4.69) is 22.3 Å². The lowest BCUT2D eigenvalue weighted by Crippen LogP contribution is -2.38. The Balaban J connectivity index is 1.54. The number of hydrogen-bond acceptors (Lipinski definition) is 2. The molecular weight excluding hydrogens is 320 g/mol. The van der Waals surface area contributed by atoms with Crippen LogP contribution in [0.25, 0.3) is 0 Å². The lowest BCUT2D eigenvalue weighted by atomic mass is 9.91. The van der Waals surface area contributed by atoms with E-state index in [4.69, 9.17) is 11.6 Å². The molecule has 2 saturated heterocycles. The largest absolute Gasteiger partial charge is 0.335 e. The van der Waals surface area contributed by atoms with Crippen LogP contribution in [0.3, 0.4) is 0 Å². The molecule has 1 spiro atoms. The Morgan fingerprint density at radius 1 is 1.12 bits per heavy atom. The van der Waals surface area contributed by atoms with Crippen molar-refractivity contribution >= 4 is 17.5 Å². The summed E-state index contributed by atoms with van der Waals surface area (Å²) >= 11 is 6.05. The van der Waals surface area contributed by atoms with Crippen molar-refractivity contribution in [1.29, 1.82) is 0 Å². The minimum absolute atomic E-state index is 0.233. The number of nitrogens with one attached hydrogen (secondary N) is 1. The first kappa shape index (κ1) is 16.4. The molecule has 1 aliphatic carbocycles. The Morgan fingerprint density at radius 2 is 1.88 bits per heavy atom. The van der Waals surface area contributed by atoms with Crippen molar-refractivity contribution in [2.75, 3.05) is 19.6 Å². The molecule has 3 fully saturated rings. The first-order chi connectivity index (χ1) is 11.7. The molecule has 2 heterocycles. The van der Waals surface area contributed by atoms with Gasteiger partial charge in [-0.3, -0.25) is 4.79 Å². The van der Waals surface area contributed by atoms with E-state index in [1.165, 1.54) is 31.2 Å². The summed E-state index contributed by atoms with van der Waals surface area (Å²) in [5.41, 5.74) is 1.56. The molecule has 4 heteroatoms. The van der Waals surface area contributed by atoms with Crippen molar-refractivity contribution in [3.8, 4) is 0 Å². The molecule has 1 N–H and O–H groups in total. The van der Waals surface area contributed by atoms with Crippen molar-refractivity contribution in [3.63, 3.8) is 0 Å². The highest BCUT2D eigenvalue weighted by molar-refractivity contribution is 6.30. The van der Waals surface area contributed by atoms with Crippen LogP contribution in [0.2, 0.25) is 5.02 Å². The summed E-state index contributed by atoms with van der Waals surface area (Å²) in [7, 11) is 0. The smallest absolute Gasteiger partial charge is 0.226 e. The number of likely N-dealkylation sites (tertiary alicyclic amines) is 1. The zero-order chi connectivity index (χ0) is 16.6. The Bertz CT molecular complexity index is 594. The second-order valence-electron chi connectivity index (χ2n) is 7.82. The summed E-state index contributed by atoms with van der Waals surface area (Å²) in [5, 5.41) is 4.20. The third-order valence-corrected chi connectivity index (χ3v) is 6.63. The van der Waals surface area contributed by atoms with Gasteiger partial charge in [0, 0.05) is 17.5 Å². The minimum Gasteiger partial charge on any atom is -0.335 e. The molecule has 130 valence electrons. The molecule has 1 saturated carbocycles. The maximum absolute atomic E-state index is 13.3. The van der Waals surface area contributed by atoms with Gasteiger partial charge in [0.15, 0.2) is 0 Å². The van der Waals surface area contributed by atoms with Gasteiger partial charge in [0.05, 0.1) is 6.04 Å². The number of amides is 1. The highest BCUT2D eigenvalue weighted by atomic mass is 35.5. The Morgan fingerprint density at radius 3 is 2.62 bits per heavy atom. The zero-order valence-electron chi connectivity index (χ0n) is 14.3. The van der Waals surface area contributed by atoms with E-state index in [1.807, 2.05) is 12.1 Å². The Labute approximate surface area is 149 Å². The molecule has 2 atom stereocenters. The average Bonchev–Trinajstić information content (AvgIpc) is 3.34. The van der Waals surface area contributed by atoms with Crippen molar-refractivity contribution in [3.05, 3.63) is 34.9 Å². The Kier molecular flexibility index (Phi) is 4.57. The molecule has 3 aliphatic rings. The van der Waals surface area contributed by atoms with Crippen molar-refractivity contribution < 1.29 is 4.79 Å². The van der Waals surface area contributed by atoms with Gasteiger partial charge in [0.1, 0.15) is 0 Å². The number of nitrogens with zero attached hydrogens (tertiary/aromatic N) is 1. The molecule has 0 aromatic heterocycles.